The van der Waals surface area contributed by atoms with Gasteiger partial charge in [0.25, 0.3) is 0 Å². The maximum absolute atomic E-state index is 12.1. The lowest BCUT2D eigenvalue weighted by Crippen LogP contribution is -2.00. The first kappa shape index (κ1) is 18.2. The first-order valence-electron chi connectivity index (χ1n) is 6.70. The fraction of sp³-hybridized carbons (Fsp3) is 0.250. The summed E-state index contributed by atoms with van der Waals surface area (Å²) in [4.78, 5) is 0.428. The van der Waals surface area contributed by atoms with Crippen molar-refractivity contribution in [3.8, 4) is 5.75 Å². The molecular weight excluding hydrogens is 272 g/mol. The van der Waals surface area contributed by atoms with Gasteiger partial charge in [-0.05, 0) is 36.4 Å². The van der Waals surface area contributed by atoms with Gasteiger partial charge in [0, 0.05) is 0 Å². The van der Waals surface area contributed by atoms with Crippen LogP contribution in [0.3, 0.4) is 0 Å². The Morgan fingerprint density at radius 2 is 1.10 bits per heavy atom. The molecule has 4 heteroatoms. The van der Waals surface area contributed by atoms with E-state index in [1.807, 2.05) is 27.7 Å². The van der Waals surface area contributed by atoms with E-state index in [1.165, 1.54) is 24.3 Å². The van der Waals surface area contributed by atoms with Crippen molar-refractivity contribution >= 4 is 9.84 Å². The Bertz CT molecular complexity index is 573. The van der Waals surface area contributed by atoms with Gasteiger partial charge in [0.05, 0.1) is 9.79 Å². The van der Waals surface area contributed by atoms with Crippen molar-refractivity contribution < 1.29 is 13.5 Å². The third-order valence-corrected chi connectivity index (χ3v) is 3.99. The number of hydrogen-bond acceptors (Lipinski definition) is 3. The van der Waals surface area contributed by atoms with Crippen molar-refractivity contribution in [2.24, 2.45) is 0 Å². The molecule has 0 saturated carbocycles. The van der Waals surface area contributed by atoms with Gasteiger partial charge in [0.2, 0.25) is 9.84 Å². The summed E-state index contributed by atoms with van der Waals surface area (Å²) in [7, 11) is -3.47. The molecule has 2 aromatic rings. The molecule has 0 bridgehead atoms. The molecule has 0 heterocycles. The second-order valence-corrected chi connectivity index (χ2v) is 5.26. The third-order valence-electron chi connectivity index (χ3n) is 2.20. The molecule has 110 valence electrons. The second-order valence-electron chi connectivity index (χ2n) is 3.31. The van der Waals surface area contributed by atoms with E-state index in [-0.39, 0.29) is 15.5 Å². The van der Waals surface area contributed by atoms with Crippen LogP contribution < -0.4 is 0 Å². The Morgan fingerprint density at radius 1 is 0.700 bits per heavy atom. The van der Waals surface area contributed by atoms with Gasteiger partial charge in [-0.3, -0.25) is 0 Å². The van der Waals surface area contributed by atoms with Gasteiger partial charge in [-0.15, -0.1) is 0 Å². The second kappa shape index (κ2) is 9.15. The predicted molar refractivity (Wildman–Crippen MR) is 82.7 cm³/mol. The van der Waals surface area contributed by atoms with Gasteiger partial charge in [-0.2, -0.15) is 0 Å². The number of hydrogen-bond donors (Lipinski definition) is 1. The fourth-order valence-corrected chi connectivity index (χ4v) is 2.64. The number of aromatic hydroxyl groups is 1. The molecule has 0 unspecified atom stereocenters. The van der Waals surface area contributed by atoms with Crippen molar-refractivity contribution in [3.63, 3.8) is 0 Å². The lowest BCUT2D eigenvalue weighted by Gasteiger charge is -2.03. The smallest absolute Gasteiger partial charge is 0.206 e. The number of benzene rings is 2. The zero-order chi connectivity index (χ0) is 15.6. The van der Waals surface area contributed by atoms with Gasteiger partial charge in [0.15, 0.2) is 0 Å². The molecule has 0 aliphatic rings. The van der Waals surface area contributed by atoms with Crippen molar-refractivity contribution in [3.05, 3.63) is 54.6 Å². The Labute approximate surface area is 121 Å². The Kier molecular flexibility index (Phi) is 8.32. The van der Waals surface area contributed by atoms with E-state index in [4.69, 9.17) is 5.11 Å². The van der Waals surface area contributed by atoms with Crippen LogP contribution in [0.15, 0.2) is 64.4 Å². The van der Waals surface area contributed by atoms with Gasteiger partial charge < -0.3 is 5.11 Å². The van der Waals surface area contributed by atoms with Crippen molar-refractivity contribution in [2.75, 3.05) is 0 Å². The van der Waals surface area contributed by atoms with E-state index in [9.17, 15) is 8.42 Å². The molecular formula is C16H22O3S. The van der Waals surface area contributed by atoms with E-state index in [0.29, 0.717) is 0 Å². The van der Waals surface area contributed by atoms with E-state index in [0.717, 1.165) is 0 Å². The largest absolute Gasteiger partial charge is 0.508 e. The highest BCUT2D eigenvalue weighted by Gasteiger charge is 2.16. The van der Waals surface area contributed by atoms with E-state index in [2.05, 4.69) is 0 Å². The summed E-state index contributed by atoms with van der Waals surface area (Å²) in [5.41, 5.74) is 0. The molecule has 0 aliphatic heterocycles. The number of rotatable bonds is 2. The van der Waals surface area contributed by atoms with E-state index >= 15 is 0 Å². The average Bonchev–Trinajstić information content (AvgIpc) is 2.52. The maximum Gasteiger partial charge on any atom is 0.206 e. The summed E-state index contributed by atoms with van der Waals surface area (Å²) in [6, 6.07) is 13.7. The Hall–Kier alpha value is -1.81. The number of phenols is 1. The van der Waals surface area contributed by atoms with Gasteiger partial charge in [0.1, 0.15) is 5.75 Å². The van der Waals surface area contributed by atoms with Crippen LogP contribution in [-0.4, -0.2) is 13.5 Å². The van der Waals surface area contributed by atoms with E-state index in [1.54, 1.807) is 30.3 Å². The molecule has 0 aromatic heterocycles. The van der Waals surface area contributed by atoms with Crippen LogP contribution in [0, 0.1) is 0 Å². The molecule has 3 nitrogen and oxygen atoms in total. The monoisotopic (exact) mass is 294 g/mol. The van der Waals surface area contributed by atoms with Crippen molar-refractivity contribution in [1.82, 2.24) is 0 Å². The highest BCUT2D eigenvalue weighted by atomic mass is 32.2. The van der Waals surface area contributed by atoms with E-state index < -0.39 is 9.84 Å². The lowest BCUT2D eigenvalue weighted by atomic mass is 10.3. The summed E-state index contributed by atoms with van der Waals surface area (Å²) in [6.07, 6.45) is 0. The summed E-state index contributed by atoms with van der Waals surface area (Å²) < 4.78 is 24.1. The molecule has 0 fully saturated rings. The van der Waals surface area contributed by atoms with Crippen molar-refractivity contribution in [1.29, 1.82) is 0 Å². The summed E-state index contributed by atoms with van der Waals surface area (Å²) >= 11 is 0. The molecule has 2 rings (SSSR count). The van der Waals surface area contributed by atoms with Gasteiger partial charge >= 0.3 is 0 Å². The molecule has 0 saturated heterocycles. The van der Waals surface area contributed by atoms with Gasteiger partial charge in [-0.1, -0.05) is 45.9 Å². The normalized spacial score (nSPS) is 9.60. The quantitative estimate of drug-likeness (QED) is 0.899. The van der Waals surface area contributed by atoms with Crippen LogP contribution in [0.2, 0.25) is 0 Å². The fourth-order valence-electron chi connectivity index (χ4n) is 1.36. The minimum atomic E-state index is -3.47. The topological polar surface area (TPSA) is 54.4 Å². The number of phenolic OH excluding ortho intramolecular Hbond substituents is 1. The molecule has 0 aliphatic carbocycles. The SMILES string of the molecule is CC.CC.O=S(=O)(c1ccccc1)c1ccc(O)cc1. The average molecular weight is 294 g/mol. The highest BCUT2D eigenvalue weighted by Crippen LogP contribution is 2.21. The van der Waals surface area contributed by atoms with Gasteiger partial charge in [-0.25, -0.2) is 8.42 Å². The van der Waals surface area contributed by atoms with Crippen LogP contribution in [0.5, 0.6) is 5.75 Å². The zero-order valence-electron chi connectivity index (χ0n) is 12.4. The minimum absolute atomic E-state index is 0.0482. The Balaban J connectivity index is 0.000000829. The van der Waals surface area contributed by atoms with Crippen molar-refractivity contribution in [2.45, 2.75) is 37.5 Å². The molecule has 2 aromatic carbocycles. The number of sulfone groups is 1. The molecule has 1 N–H and O–H groups in total. The first-order valence-corrected chi connectivity index (χ1v) is 8.18. The summed E-state index contributed by atoms with van der Waals surface area (Å²) in [5.74, 6) is 0.0482. The third kappa shape index (κ3) is 4.70. The van der Waals surface area contributed by atoms with Crippen LogP contribution in [-0.2, 0) is 9.84 Å². The lowest BCUT2D eigenvalue weighted by molar-refractivity contribution is 0.475. The molecule has 20 heavy (non-hydrogen) atoms. The summed E-state index contributed by atoms with van der Waals surface area (Å²) in [6.45, 7) is 8.00. The minimum Gasteiger partial charge on any atom is -0.508 e. The highest BCUT2D eigenvalue weighted by molar-refractivity contribution is 7.91. The molecule has 0 radical (unpaired) electrons. The summed E-state index contributed by atoms with van der Waals surface area (Å²) in [5, 5.41) is 9.10. The van der Waals surface area contributed by atoms with Crippen LogP contribution >= 0.6 is 0 Å². The maximum atomic E-state index is 12.1. The first-order chi connectivity index (χ1) is 9.60. The predicted octanol–water partition coefficient (Wildman–Crippen LogP) is 4.28. The zero-order valence-corrected chi connectivity index (χ0v) is 13.2. The van der Waals surface area contributed by atoms with Crippen LogP contribution in [0.1, 0.15) is 27.7 Å². The van der Waals surface area contributed by atoms with Crippen LogP contribution in [0.4, 0.5) is 0 Å². The Morgan fingerprint density at radius 3 is 1.55 bits per heavy atom. The standard InChI is InChI=1S/C12H10O3S.2C2H6/c13-10-6-8-12(9-7-10)16(14,15)11-4-2-1-3-5-11;2*1-2/h1-9,13H;2*1-2H3. The van der Waals surface area contributed by atoms with Crippen LogP contribution in [0.25, 0.3) is 0 Å². The molecule has 0 amide bonds. The molecule has 0 spiro atoms. The molecule has 0 atom stereocenters.